The summed E-state index contributed by atoms with van der Waals surface area (Å²) in [5, 5.41) is 0. The number of nitrogens with zero attached hydrogens (tertiary/aromatic N) is 2. The first-order valence-corrected chi connectivity index (χ1v) is 9.66. The zero-order valence-electron chi connectivity index (χ0n) is 16.1. The van der Waals surface area contributed by atoms with E-state index in [2.05, 4.69) is 9.88 Å². The summed E-state index contributed by atoms with van der Waals surface area (Å²) >= 11 is 0. The molecule has 2 heterocycles. The van der Waals surface area contributed by atoms with Gasteiger partial charge >= 0.3 is 0 Å². The van der Waals surface area contributed by atoms with Crippen molar-refractivity contribution in [1.82, 2.24) is 9.88 Å². The fraction of sp³-hybridized carbons (Fsp3) is 0.700. The number of primary amides is 1. The van der Waals surface area contributed by atoms with Gasteiger partial charge in [-0.3, -0.25) is 14.7 Å². The van der Waals surface area contributed by atoms with Gasteiger partial charge in [-0.1, -0.05) is 6.42 Å². The van der Waals surface area contributed by atoms with Crippen LogP contribution in [-0.4, -0.2) is 55.2 Å². The molecule has 2 saturated carbocycles. The average molecular weight is 396 g/mol. The van der Waals surface area contributed by atoms with E-state index in [-0.39, 0.29) is 18.0 Å². The van der Waals surface area contributed by atoms with E-state index in [4.69, 9.17) is 15.2 Å². The molecular weight excluding hydrogens is 366 g/mol. The molecule has 2 aliphatic carbocycles. The second-order valence-electron chi connectivity index (χ2n) is 8.05. The van der Waals surface area contributed by atoms with Crippen LogP contribution in [0.1, 0.15) is 48.2 Å². The first-order valence-electron chi connectivity index (χ1n) is 9.66. The van der Waals surface area contributed by atoms with E-state index >= 15 is 0 Å². The van der Waals surface area contributed by atoms with Crippen molar-refractivity contribution in [3.63, 3.8) is 0 Å². The lowest BCUT2D eigenvalue weighted by molar-refractivity contribution is -0.183. The predicted molar refractivity (Wildman–Crippen MR) is 105 cm³/mol. The SMILES string of the molecule is COC1CC(N2C[C@H]3CCC[C@@H](C2)C3(OC)c2ccnc(C(N)=O)c2)C1.Cl. The molecular formula is C20H30ClN3O3. The Bertz CT molecular complexity index is 666. The minimum atomic E-state index is -0.485. The second kappa shape index (κ2) is 8.03. The second-order valence-corrected chi connectivity index (χ2v) is 8.05. The molecule has 4 rings (SSSR count). The number of carbonyl (C=O) groups is 1. The third-order valence-electron chi connectivity index (χ3n) is 6.95. The molecule has 1 aromatic rings. The van der Waals surface area contributed by atoms with Crippen molar-refractivity contribution in [2.75, 3.05) is 27.3 Å². The Kier molecular flexibility index (Phi) is 6.11. The largest absolute Gasteiger partial charge is 0.381 e. The van der Waals surface area contributed by atoms with Gasteiger partial charge in [-0.25, -0.2) is 0 Å². The molecule has 0 aromatic carbocycles. The first kappa shape index (κ1) is 20.5. The zero-order valence-corrected chi connectivity index (χ0v) is 16.9. The summed E-state index contributed by atoms with van der Waals surface area (Å²) in [7, 11) is 3.62. The maximum Gasteiger partial charge on any atom is 0.267 e. The molecule has 1 saturated heterocycles. The van der Waals surface area contributed by atoms with Crippen LogP contribution in [0.25, 0.3) is 0 Å². The lowest BCUT2D eigenvalue weighted by Crippen LogP contribution is -2.63. The highest BCUT2D eigenvalue weighted by molar-refractivity contribution is 5.90. The highest BCUT2D eigenvalue weighted by Crippen LogP contribution is 2.52. The van der Waals surface area contributed by atoms with E-state index < -0.39 is 5.91 Å². The van der Waals surface area contributed by atoms with Crippen LogP contribution in [-0.2, 0) is 15.1 Å². The predicted octanol–water partition coefficient (Wildman–Crippen LogP) is 2.35. The van der Waals surface area contributed by atoms with Gasteiger partial charge in [0.2, 0.25) is 0 Å². The quantitative estimate of drug-likeness (QED) is 0.828. The van der Waals surface area contributed by atoms with Crippen LogP contribution < -0.4 is 5.73 Å². The number of pyridine rings is 1. The highest BCUT2D eigenvalue weighted by Gasteiger charge is 2.54. The zero-order chi connectivity index (χ0) is 18.3. The van der Waals surface area contributed by atoms with E-state index in [9.17, 15) is 4.79 Å². The lowest BCUT2D eigenvalue weighted by atomic mass is 9.61. The van der Waals surface area contributed by atoms with Gasteiger partial charge in [-0.15, -0.1) is 12.4 Å². The Morgan fingerprint density at radius 1 is 1.26 bits per heavy atom. The van der Waals surface area contributed by atoms with Gasteiger partial charge < -0.3 is 15.2 Å². The minimum absolute atomic E-state index is 0. The molecule has 7 heteroatoms. The molecule has 1 aliphatic heterocycles. The van der Waals surface area contributed by atoms with Crippen molar-refractivity contribution in [2.45, 2.75) is 49.9 Å². The van der Waals surface area contributed by atoms with E-state index in [1.165, 1.54) is 6.42 Å². The number of hydrogen-bond acceptors (Lipinski definition) is 5. The average Bonchev–Trinajstić information content (AvgIpc) is 2.60. The molecule has 0 radical (unpaired) electrons. The normalized spacial score (nSPS) is 35.8. The van der Waals surface area contributed by atoms with Crippen LogP contribution in [0.4, 0.5) is 0 Å². The van der Waals surface area contributed by atoms with Gasteiger partial charge in [0, 0.05) is 51.4 Å². The van der Waals surface area contributed by atoms with Crippen molar-refractivity contribution in [1.29, 1.82) is 0 Å². The molecule has 1 unspecified atom stereocenters. The van der Waals surface area contributed by atoms with Crippen LogP contribution in [0.3, 0.4) is 0 Å². The fourth-order valence-corrected chi connectivity index (χ4v) is 5.52. The number of hydrogen-bond donors (Lipinski definition) is 1. The number of methoxy groups -OCH3 is 2. The van der Waals surface area contributed by atoms with Gasteiger partial charge in [0.25, 0.3) is 5.91 Å². The number of halogens is 1. The molecule has 3 fully saturated rings. The van der Waals surface area contributed by atoms with Crippen molar-refractivity contribution in [3.05, 3.63) is 29.6 Å². The summed E-state index contributed by atoms with van der Waals surface area (Å²) in [5.41, 5.74) is 6.50. The molecule has 6 nitrogen and oxygen atoms in total. The standard InChI is InChI=1S/C20H29N3O3.ClH/c1-25-17-9-16(10-17)23-11-14-4-3-5-15(12-23)20(14,26-2)13-6-7-22-18(8-13)19(21)24;/h6-8,14-17H,3-5,9-12H2,1-2H3,(H2,21,24);1H/t14-,15+,16?,17?,20?;. The smallest absolute Gasteiger partial charge is 0.267 e. The number of aromatic nitrogens is 1. The highest BCUT2D eigenvalue weighted by atomic mass is 35.5. The lowest BCUT2D eigenvalue weighted by Gasteiger charge is -2.58. The van der Waals surface area contributed by atoms with Crippen molar-refractivity contribution >= 4 is 18.3 Å². The number of ether oxygens (including phenoxy) is 2. The maximum atomic E-state index is 11.6. The van der Waals surface area contributed by atoms with Crippen molar-refractivity contribution in [2.24, 2.45) is 17.6 Å². The Labute approximate surface area is 167 Å². The third-order valence-corrected chi connectivity index (χ3v) is 6.95. The van der Waals surface area contributed by atoms with Gasteiger partial charge in [0.15, 0.2) is 0 Å². The molecule has 3 aliphatic rings. The number of likely N-dealkylation sites (tertiary alicyclic amines) is 1. The summed E-state index contributed by atoms with van der Waals surface area (Å²) in [6, 6.07) is 4.48. The number of fused-ring (bicyclic) bond motifs is 2. The molecule has 2 bridgehead atoms. The number of nitrogens with two attached hydrogens (primary N) is 1. The topological polar surface area (TPSA) is 77.7 Å². The first-order chi connectivity index (χ1) is 12.6. The summed E-state index contributed by atoms with van der Waals surface area (Å²) in [6.07, 6.45) is 7.92. The van der Waals surface area contributed by atoms with E-state index in [1.54, 1.807) is 6.20 Å². The van der Waals surface area contributed by atoms with Gasteiger partial charge in [-0.2, -0.15) is 0 Å². The molecule has 0 spiro atoms. The molecule has 150 valence electrons. The number of amides is 1. The van der Waals surface area contributed by atoms with Crippen LogP contribution in [0, 0.1) is 11.8 Å². The Morgan fingerprint density at radius 3 is 2.48 bits per heavy atom. The van der Waals surface area contributed by atoms with Crippen LogP contribution in [0.2, 0.25) is 0 Å². The van der Waals surface area contributed by atoms with E-state index in [0.29, 0.717) is 29.7 Å². The van der Waals surface area contributed by atoms with Gasteiger partial charge in [0.05, 0.1) is 6.10 Å². The number of rotatable bonds is 5. The summed E-state index contributed by atoms with van der Waals surface area (Å²) < 4.78 is 11.7. The molecule has 27 heavy (non-hydrogen) atoms. The molecule has 3 atom stereocenters. The maximum absolute atomic E-state index is 11.6. The number of piperidine rings is 1. The van der Waals surface area contributed by atoms with Crippen molar-refractivity contribution < 1.29 is 14.3 Å². The minimum Gasteiger partial charge on any atom is -0.381 e. The molecule has 1 amide bonds. The summed E-state index contributed by atoms with van der Waals surface area (Å²) in [4.78, 5) is 18.4. The Hall–Kier alpha value is -1.21. The fourth-order valence-electron chi connectivity index (χ4n) is 5.52. The van der Waals surface area contributed by atoms with Gasteiger partial charge in [0.1, 0.15) is 11.3 Å². The van der Waals surface area contributed by atoms with Crippen LogP contribution >= 0.6 is 12.4 Å². The van der Waals surface area contributed by atoms with Crippen molar-refractivity contribution in [3.8, 4) is 0 Å². The van der Waals surface area contributed by atoms with Crippen LogP contribution in [0.15, 0.2) is 18.3 Å². The summed E-state index contributed by atoms with van der Waals surface area (Å²) in [6.45, 7) is 2.08. The van der Waals surface area contributed by atoms with E-state index in [0.717, 1.165) is 44.3 Å². The molecule has 1 aromatic heterocycles. The Balaban J connectivity index is 0.00000210. The Morgan fingerprint density at radius 2 is 1.93 bits per heavy atom. The molecule has 2 N–H and O–H groups in total. The monoisotopic (exact) mass is 395 g/mol. The van der Waals surface area contributed by atoms with Gasteiger partial charge in [-0.05, 0) is 43.4 Å². The number of carbonyl (C=O) groups excluding carboxylic acids is 1. The van der Waals surface area contributed by atoms with E-state index in [1.807, 2.05) is 26.4 Å². The van der Waals surface area contributed by atoms with Crippen LogP contribution in [0.5, 0.6) is 0 Å². The third kappa shape index (κ3) is 3.37. The summed E-state index contributed by atoms with van der Waals surface area (Å²) in [5.74, 6) is 0.357.